The van der Waals surface area contributed by atoms with Gasteiger partial charge in [0, 0.05) is 17.0 Å². The van der Waals surface area contributed by atoms with Gasteiger partial charge in [-0.25, -0.2) is 0 Å². The van der Waals surface area contributed by atoms with Crippen molar-refractivity contribution < 1.29 is 0 Å². The predicted octanol–water partition coefficient (Wildman–Crippen LogP) is 4.48. The first-order chi connectivity index (χ1) is 8.66. The highest BCUT2D eigenvalue weighted by molar-refractivity contribution is 7.09. The molecule has 0 amide bonds. The van der Waals surface area contributed by atoms with Crippen LogP contribution >= 0.6 is 11.3 Å². The smallest absolute Gasteiger partial charge is 0.0100 e. The molecule has 18 heavy (non-hydrogen) atoms. The second-order valence-electron chi connectivity index (χ2n) is 6.15. The second kappa shape index (κ2) is 6.72. The number of thiophene rings is 1. The molecule has 0 radical (unpaired) electrons. The summed E-state index contributed by atoms with van der Waals surface area (Å²) in [6.45, 7) is 7.11. The van der Waals surface area contributed by atoms with Crippen LogP contribution in [-0.2, 0) is 6.42 Å². The van der Waals surface area contributed by atoms with Crippen molar-refractivity contribution in [2.45, 2.75) is 65.0 Å². The van der Waals surface area contributed by atoms with Crippen molar-refractivity contribution in [2.24, 2.45) is 11.8 Å². The van der Waals surface area contributed by atoms with E-state index >= 15 is 0 Å². The van der Waals surface area contributed by atoms with Gasteiger partial charge in [0.15, 0.2) is 0 Å². The number of nitrogens with one attached hydrogen (secondary N) is 1. The highest BCUT2D eigenvalue weighted by Gasteiger charge is 2.28. The molecule has 1 heterocycles. The molecule has 0 aliphatic heterocycles. The van der Waals surface area contributed by atoms with Crippen molar-refractivity contribution in [1.82, 2.24) is 5.32 Å². The molecule has 1 aliphatic carbocycles. The first kappa shape index (κ1) is 14.1. The molecule has 2 heteroatoms. The van der Waals surface area contributed by atoms with E-state index in [1.807, 2.05) is 11.3 Å². The Morgan fingerprint density at radius 3 is 2.72 bits per heavy atom. The molecule has 1 aromatic heterocycles. The quantitative estimate of drug-likeness (QED) is 0.827. The lowest BCUT2D eigenvalue weighted by molar-refractivity contribution is 0.194. The molecule has 1 N–H and O–H groups in total. The van der Waals surface area contributed by atoms with Crippen LogP contribution in [0.5, 0.6) is 0 Å². The van der Waals surface area contributed by atoms with Gasteiger partial charge in [-0.15, -0.1) is 11.3 Å². The van der Waals surface area contributed by atoms with E-state index in [-0.39, 0.29) is 0 Å². The highest BCUT2D eigenvalue weighted by atomic mass is 32.1. The molecule has 1 nitrogen and oxygen atoms in total. The van der Waals surface area contributed by atoms with Crippen molar-refractivity contribution in [2.75, 3.05) is 0 Å². The maximum Gasteiger partial charge on any atom is 0.0100 e. The third-order valence-corrected chi connectivity index (χ3v) is 5.16. The van der Waals surface area contributed by atoms with Gasteiger partial charge in [0.25, 0.3) is 0 Å². The van der Waals surface area contributed by atoms with E-state index < -0.39 is 0 Å². The van der Waals surface area contributed by atoms with E-state index in [1.165, 1.54) is 37.0 Å². The van der Waals surface area contributed by atoms with Gasteiger partial charge in [-0.05, 0) is 49.5 Å². The summed E-state index contributed by atoms with van der Waals surface area (Å²) >= 11 is 1.88. The summed E-state index contributed by atoms with van der Waals surface area (Å²) in [6.07, 6.45) is 6.81. The van der Waals surface area contributed by atoms with Gasteiger partial charge in [-0.2, -0.15) is 0 Å². The number of rotatable bonds is 5. The summed E-state index contributed by atoms with van der Waals surface area (Å²) in [5.74, 6) is 1.70. The molecular formula is C16H27NS. The lowest BCUT2D eigenvalue weighted by Gasteiger charge is -2.36. The van der Waals surface area contributed by atoms with Crippen molar-refractivity contribution in [3.05, 3.63) is 22.4 Å². The SMILES string of the molecule is CC(Cc1cccs1)NC1CCCCC1C(C)C. The third kappa shape index (κ3) is 3.83. The van der Waals surface area contributed by atoms with Crippen molar-refractivity contribution in [1.29, 1.82) is 0 Å². The summed E-state index contributed by atoms with van der Waals surface area (Å²) in [6, 6.07) is 5.76. The number of hydrogen-bond donors (Lipinski definition) is 1. The summed E-state index contributed by atoms with van der Waals surface area (Å²) in [4.78, 5) is 1.51. The molecule has 3 atom stereocenters. The maximum absolute atomic E-state index is 3.90. The Morgan fingerprint density at radius 2 is 2.06 bits per heavy atom. The van der Waals surface area contributed by atoms with Crippen molar-refractivity contribution in [3.8, 4) is 0 Å². The van der Waals surface area contributed by atoms with Gasteiger partial charge in [-0.1, -0.05) is 32.8 Å². The minimum atomic E-state index is 0.605. The molecule has 2 rings (SSSR count). The Labute approximate surface area is 116 Å². The molecular weight excluding hydrogens is 238 g/mol. The van der Waals surface area contributed by atoms with E-state index in [0.717, 1.165) is 17.9 Å². The van der Waals surface area contributed by atoms with Crippen LogP contribution < -0.4 is 5.32 Å². The molecule has 1 aliphatic rings. The average Bonchev–Trinajstić information content (AvgIpc) is 2.82. The van der Waals surface area contributed by atoms with Crippen LogP contribution in [0.4, 0.5) is 0 Å². The Morgan fingerprint density at radius 1 is 1.28 bits per heavy atom. The third-order valence-electron chi connectivity index (χ3n) is 4.26. The van der Waals surface area contributed by atoms with Gasteiger partial charge in [0.2, 0.25) is 0 Å². The molecule has 0 saturated heterocycles. The van der Waals surface area contributed by atoms with Gasteiger partial charge >= 0.3 is 0 Å². The van der Waals surface area contributed by atoms with Crippen LogP contribution in [-0.4, -0.2) is 12.1 Å². The van der Waals surface area contributed by atoms with Crippen LogP contribution in [0.15, 0.2) is 17.5 Å². The molecule has 0 bridgehead atoms. The van der Waals surface area contributed by atoms with Crippen LogP contribution in [0.3, 0.4) is 0 Å². The molecule has 0 aromatic carbocycles. The number of hydrogen-bond acceptors (Lipinski definition) is 2. The summed E-state index contributed by atoms with van der Waals surface area (Å²) < 4.78 is 0. The minimum absolute atomic E-state index is 0.605. The van der Waals surface area contributed by atoms with E-state index in [2.05, 4.69) is 43.6 Å². The largest absolute Gasteiger partial charge is 0.311 e. The summed E-state index contributed by atoms with van der Waals surface area (Å²) in [5, 5.41) is 6.08. The van der Waals surface area contributed by atoms with Crippen molar-refractivity contribution >= 4 is 11.3 Å². The lowest BCUT2D eigenvalue weighted by Crippen LogP contribution is -2.45. The first-order valence-electron chi connectivity index (χ1n) is 7.45. The Kier molecular flexibility index (Phi) is 5.25. The molecule has 1 saturated carbocycles. The van der Waals surface area contributed by atoms with Crippen LogP contribution in [0.25, 0.3) is 0 Å². The summed E-state index contributed by atoms with van der Waals surface area (Å²) in [7, 11) is 0. The van der Waals surface area contributed by atoms with Gasteiger partial charge in [0.1, 0.15) is 0 Å². The van der Waals surface area contributed by atoms with Gasteiger partial charge in [0.05, 0.1) is 0 Å². The zero-order valence-corrected chi connectivity index (χ0v) is 12.8. The first-order valence-corrected chi connectivity index (χ1v) is 8.33. The fraction of sp³-hybridized carbons (Fsp3) is 0.750. The lowest BCUT2D eigenvalue weighted by atomic mass is 9.77. The standard InChI is InChI=1S/C16H27NS/c1-12(2)15-8-4-5-9-16(15)17-13(3)11-14-7-6-10-18-14/h6-7,10,12-13,15-17H,4-5,8-9,11H2,1-3H3. The highest BCUT2D eigenvalue weighted by Crippen LogP contribution is 2.30. The zero-order chi connectivity index (χ0) is 13.0. The Bertz CT molecular complexity index is 331. The topological polar surface area (TPSA) is 12.0 Å². The molecule has 1 aromatic rings. The molecule has 0 spiro atoms. The molecule has 102 valence electrons. The minimum Gasteiger partial charge on any atom is -0.311 e. The van der Waals surface area contributed by atoms with E-state index in [4.69, 9.17) is 0 Å². The van der Waals surface area contributed by atoms with E-state index in [9.17, 15) is 0 Å². The maximum atomic E-state index is 3.90. The van der Waals surface area contributed by atoms with Crippen LogP contribution in [0, 0.1) is 11.8 Å². The van der Waals surface area contributed by atoms with E-state index in [1.54, 1.807) is 0 Å². The predicted molar refractivity (Wildman–Crippen MR) is 81.2 cm³/mol. The summed E-state index contributed by atoms with van der Waals surface area (Å²) in [5.41, 5.74) is 0. The Balaban J connectivity index is 1.86. The normalized spacial score (nSPS) is 26.4. The monoisotopic (exact) mass is 265 g/mol. The molecule has 3 unspecified atom stereocenters. The van der Waals surface area contributed by atoms with Crippen LogP contribution in [0.1, 0.15) is 51.3 Å². The average molecular weight is 265 g/mol. The fourth-order valence-corrected chi connectivity index (χ4v) is 4.15. The second-order valence-corrected chi connectivity index (χ2v) is 7.18. The van der Waals surface area contributed by atoms with Crippen molar-refractivity contribution in [3.63, 3.8) is 0 Å². The molecule has 1 fully saturated rings. The van der Waals surface area contributed by atoms with E-state index in [0.29, 0.717) is 6.04 Å². The Hall–Kier alpha value is -0.340. The fourth-order valence-electron chi connectivity index (χ4n) is 3.32. The zero-order valence-electron chi connectivity index (χ0n) is 12.0. The van der Waals surface area contributed by atoms with Crippen LogP contribution in [0.2, 0.25) is 0 Å². The van der Waals surface area contributed by atoms with Gasteiger partial charge in [-0.3, -0.25) is 0 Å². The van der Waals surface area contributed by atoms with Gasteiger partial charge < -0.3 is 5.32 Å².